The first-order valence-corrected chi connectivity index (χ1v) is 2.01. The molecule has 1 aromatic rings. The van der Waals surface area contributed by atoms with E-state index in [9.17, 15) is 0 Å². The van der Waals surface area contributed by atoms with Crippen molar-refractivity contribution in [2.75, 3.05) is 0 Å². The molecule has 0 unspecified atom stereocenters. The third kappa shape index (κ3) is 0.712. The first-order chi connectivity index (χ1) is 3.29. The van der Waals surface area contributed by atoms with Crippen molar-refractivity contribution in [2.45, 2.75) is 0 Å². The fourth-order valence-corrected chi connectivity index (χ4v) is 0.426. The van der Waals surface area contributed by atoms with Crippen LogP contribution in [-0.2, 0) is 0 Å². The Balaban J connectivity index is 0.000000490. The Morgan fingerprint density at radius 2 is 2.43 bits per heavy atom. The molecule has 1 rings (SSSR count). The summed E-state index contributed by atoms with van der Waals surface area (Å²) in [6.45, 7) is 7.14. The van der Waals surface area contributed by atoms with Crippen LogP contribution in [0.25, 0.3) is 13.2 Å². The van der Waals surface area contributed by atoms with Crippen LogP contribution in [0.15, 0.2) is 16.7 Å². The van der Waals surface area contributed by atoms with Crippen molar-refractivity contribution in [3.05, 3.63) is 23.0 Å². The maximum Gasteiger partial charge on any atom is 1.00 e. The molecule has 0 bridgehead atoms. The molecular formula is C6H7O+. The molecule has 1 heterocycles. The summed E-state index contributed by atoms with van der Waals surface area (Å²) in [5, 5.41) is 0.880. The maximum atomic E-state index is 4.79. The number of furan rings is 1. The Bertz CT molecular complexity index is 213. The van der Waals surface area contributed by atoms with Gasteiger partial charge >= 0.3 is 1.43 Å². The summed E-state index contributed by atoms with van der Waals surface area (Å²) >= 11 is 0. The van der Waals surface area contributed by atoms with Gasteiger partial charge in [-0.25, -0.2) is 0 Å². The summed E-state index contributed by atoms with van der Waals surface area (Å²) < 4.78 is 4.79. The van der Waals surface area contributed by atoms with Crippen molar-refractivity contribution in [3.63, 3.8) is 0 Å². The molecule has 0 aliphatic carbocycles. The Morgan fingerprint density at radius 3 is 2.57 bits per heavy atom. The van der Waals surface area contributed by atoms with Crippen LogP contribution in [0.1, 0.15) is 1.43 Å². The van der Waals surface area contributed by atoms with E-state index in [1.807, 2.05) is 0 Å². The highest BCUT2D eigenvalue weighted by Gasteiger charge is 1.79. The minimum Gasteiger partial charge on any atom is -0.281 e. The lowest BCUT2D eigenvalue weighted by Crippen LogP contribution is -1.92. The molecule has 0 aliphatic rings. The minimum atomic E-state index is 0. The fourth-order valence-electron chi connectivity index (χ4n) is 0.426. The van der Waals surface area contributed by atoms with E-state index in [0.717, 1.165) is 5.22 Å². The summed E-state index contributed by atoms with van der Waals surface area (Å²) in [6.07, 6.45) is 1.57. The predicted octanol–water partition coefficient (Wildman–Crippen LogP) is 0.213. The van der Waals surface area contributed by atoms with Gasteiger partial charge in [-0.05, 0) is 6.07 Å². The van der Waals surface area contributed by atoms with Crippen LogP contribution in [0.3, 0.4) is 0 Å². The number of hydrogen-bond acceptors (Lipinski definition) is 0. The van der Waals surface area contributed by atoms with Gasteiger partial charge in [-0.3, -0.25) is 4.42 Å². The van der Waals surface area contributed by atoms with Gasteiger partial charge < -0.3 is 0 Å². The third-order valence-corrected chi connectivity index (χ3v) is 0.708. The van der Waals surface area contributed by atoms with Gasteiger partial charge in [0.2, 0.25) is 6.26 Å². The molecule has 0 saturated carbocycles. The highest BCUT2D eigenvalue weighted by molar-refractivity contribution is 5.04. The summed E-state index contributed by atoms with van der Waals surface area (Å²) in [4.78, 5) is 0. The monoisotopic (exact) mass is 95.0 g/mol. The minimum absolute atomic E-state index is 0. The summed E-state index contributed by atoms with van der Waals surface area (Å²) in [5.41, 5.74) is 0.671. The van der Waals surface area contributed by atoms with Crippen molar-refractivity contribution in [1.82, 2.24) is 0 Å². The van der Waals surface area contributed by atoms with Crippen molar-refractivity contribution in [2.24, 2.45) is 0 Å². The molecule has 0 radical (unpaired) electrons. The summed E-state index contributed by atoms with van der Waals surface area (Å²) in [7, 11) is 0. The third-order valence-electron chi connectivity index (χ3n) is 0.708. The van der Waals surface area contributed by atoms with Crippen molar-refractivity contribution in [1.29, 1.82) is 0 Å². The normalized spacial score (nSPS) is 9.14. The van der Waals surface area contributed by atoms with Gasteiger partial charge in [0, 0.05) is 0 Å². The van der Waals surface area contributed by atoms with E-state index in [0.29, 0.717) is 5.42 Å². The number of hydrogen-bond donors (Lipinski definition) is 0. The van der Waals surface area contributed by atoms with E-state index >= 15 is 0 Å². The van der Waals surface area contributed by atoms with Crippen LogP contribution >= 0.6 is 0 Å². The van der Waals surface area contributed by atoms with Gasteiger partial charge in [-0.1, -0.05) is 11.8 Å². The second-order valence-electron chi connectivity index (χ2n) is 1.42. The van der Waals surface area contributed by atoms with Crippen LogP contribution in [0.5, 0.6) is 0 Å². The van der Waals surface area contributed by atoms with Crippen molar-refractivity contribution < 1.29 is 5.84 Å². The molecule has 0 amide bonds. The first kappa shape index (κ1) is 4.19. The van der Waals surface area contributed by atoms with E-state index in [1.54, 1.807) is 12.3 Å². The second kappa shape index (κ2) is 1.26. The standard InChI is InChI=1S/C6H6O/c1-5-3-6(2)7-4-5/h3-4H,1-2H2/p+1. The van der Waals surface area contributed by atoms with Crippen molar-refractivity contribution in [3.8, 4) is 0 Å². The van der Waals surface area contributed by atoms with Gasteiger partial charge in [0.1, 0.15) is 0 Å². The lowest BCUT2D eigenvalue weighted by atomic mass is 10.5. The van der Waals surface area contributed by atoms with Crippen LogP contribution < -0.4 is 10.6 Å². The summed E-state index contributed by atoms with van der Waals surface area (Å²) in [5.74, 6) is 0. The lowest BCUT2D eigenvalue weighted by molar-refractivity contribution is 0.534. The van der Waals surface area contributed by atoms with Gasteiger partial charge in [0.05, 0.1) is 0 Å². The topological polar surface area (TPSA) is 11.3 Å². The molecule has 0 aliphatic heterocycles. The Labute approximate surface area is 43.1 Å². The molecular weight excluding hydrogens is 88.1 g/mol. The van der Waals surface area contributed by atoms with Gasteiger partial charge in [0.25, 0.3) is 5.42 Å². The zero-order valence-electron chi connectivity index (χ0n) is 4.98. The van der Waals surface area contributed by atoms with Crippen LogP contribution in [-0.4, -0.2) is 0 Å². The Hall–Kier alpha value is -0.980. The molecule has 7 heavy (non-hydrogen) atoms. The average molecular weight is 95.1 g/mol. The SMILES string of the molecule is C=c1c[o+]c(=C)[cH-]1.[H+]. The zero-order chi connectivity index (χ0) is 5.28. The second-order valence-corrected chi connectivity index (χ2v) is 1.42. The largest absolute Gasteiger partial charge is 1.00 e. The summed E-state index contributed by atoms with van der Waals surface area (Å²) in [6, 6.07) is 1.78. The molecule has 0 atom stereocenters. The van der Waals surface area contributed by atoms with Gasteiger partial charge in [-0.15, -0.1) is 0 Å². The Morgan fingerprint density at radius 1 is 1.71 bits per heavy atom. The van der Waals surface area contributed by atoms with E-state index < -0.39 is 0 Å². The quantitative estimate of drug-likeness (QED) is 0.331. The van der Waals surface area contributed by atoms with Gasteiger partial charge in [0.15, 0.2) is 0 Å². The zero-order valence-corrected chi connectivity index (χ0v) is 3.98. The molecule has 0 aromatic carbocycles. The van der Waals surface area contributed by atoms with Gasteiger partial charge in [-0.2, -0.15) is 6.58 Å². The van der Waals surface area contributed by atoms with E-state index in [4.69, 9.17) is 4.42 Å². The highest BCUT2D eigenvalue weighted by atomic mass is 16.3. The van der Waals surface area contributed by atoms with E-state index in [1.165, 1.54) is 0 Å². The first-order valence-electron chi connectivity index (χ1n) is 2.01. The van der Waals surface area contributed by atoms with E-state index in [-0.39, 0.29) is 1.43 Å². The maximum absolute atomic E-state index is 4.79. The molecule has 1 aromatic heterocycles. The number of rotatable bonds is 0. The van der Waals surface area contributed by atoms with Crippen LogP contribution in [0, 0.1) is 0 Å². The van der Waals surface area contributed by atoms with E-state index in [2.05, 4.69) is 13.2 Å². The average Bonchev–Trinajstić information content (AvgIpc) is 1.87. The molecule has 0 saturated heterocycles. The highest BCUT2D eigenvalue weighted by Crippen LogP contribution is 1.59. The molecule has 1 nitrogen and oxygen atoms in total. The fraction of sp³-hybridized carbons (Fsp3) is 0. The Kier molecular flexibility index (Phi) is 0.754. The molecule has 1 heteroatoms. The lowest BCUT2D eigenvalue weighted by Gasteiger charge is -1.49. The molecule has 0 fully saturated rings. The van der Waals surface area contributed by atoms with Crippen molar-refractivity contribution >= 4 is 13.2 Å². The van der Waals surface area contributed by atoms with Crippen LogP contribution in [0.4, 0.5) is 0 Å². The smallest absolute Gasteiger partial charge is 0.281 e. The predicted molar refractivity (Wildman–Crippen MR) is 30.1 cm³/mol. The molecule has 0 N–H and O–H groups in total. The molecule has 36 valence electrons. The molecule has 0 spiro atoms. The van der Waals surface area contributed by atoms with Crippen LogP contribution in [0.2, 0.25) is 0 Å².